The molecule has 2 aliphatic rings. The van der Waals surface area contributed by atoms with Gasteiger partial charge in [-0.3, -0.25) is 4.79 Å². The minimum Gasteiger partial charge on any atom is -0.495 e. The van der Waals surface area contributed by atoms with E-state index in [1.165, 1.54) is 23.5 Å². The third kappa shape index (κ3) is 4.05. The van der Waals surface area contributed by atoms with Crippen LogP contribution in [0.3, 0.4) is 0 Å². The van der Waals surface area contributed by atoms with E-state index in [4.69, 9.17) is 25.8 Å². The number of carbonyl (C=O) groups excluding carboxylic acids is 1. The van der Waals surface area contributed by atoms with Crippen LogP contribution in [0.2, 0.25) is 5.02 Å². The Morgan fingerprint density at radius 2 is 1.87 bits per heavy atom. The highest BCUT2D eigenvalue weighted by Gasteiger charge is 2.34. The van der Waals surface area contributed by atoms with Gasteiger partial charge in [0.25, 0.3) is 0 Å². The molecule has 2 aromatic carbocycles. The third-order valence-corrected chi connectivity index (χ3v) is 7.36. The molecule has 1 N–H and O–H groups in total. The monoisotopic (exact) mass is 452 g/mol. The van der Waals surface area contributed by atoms with Crippen LogP contribution in [0.5, 0.6) is 17.2 Å². The predicted octanol–water partition coefficient (Wildman–Crippen LogP) is 3.12. The van der Waals surface area contributed by atoms with Gasteiger partial charge in [0.2, 0.25) is 22.7 Å². The van der Waals surface area contributed by atoms with Crippen molar-refractivity contribution in [2.75, 3.05) is 32.3 Å². The topological polar surface area (TPSA) is 94.2 Å². The molecule has 2 aliphatic heterocycles. The molecule has 0 unspecified atom stereocenters. The first-order chi connectivity index (χ1) is 14.4. The molecule has 1 amide bonds. The second-order valence-electron chi connectivity index (χ2n) is 7.03. The van der Waals surface area contributed by atoms with Crippen molar-refractivity contribution in [1.29, 1.82) is 0 Å². The van der Waals surface area contributed by atoms with Crippen LogP contribution in [0.4, 0.5) is 5.69 Å². The van der Waals surface area contributed by atoms with E-state index in [1.54, 1.807) is 24.3 Å². The van der Waals surface area contributed by atoms with E-state index in [1.807, 2.05) is 0 Å². The van der Waals surface area contributed by atoms with Crippen molar-refractivity contribution in [2.24, 2.45) is 5.92 Å². The number of hydrogen-bond donors (Lipinski definition) is 1. The Bertz CT molecular complexity index is 1070. The lowest BCUT2D eigenvalue weighted by Gasteiger charge is -2.31. The summed E-state index contributed by atoms with van der Waals surface area (Å²) in [6, 6.07) is 9.69. The normalized spacial score (nSPS) is 17.0. The van der Waals surface area contributed by atoms with Crippen LogP contribution in [0.15, 0.2) is 41.3 Å². The number of sulfonamides is 1. The summed E-state index contributed by atoms with van der Waals surface area (Å²) in [6.07, 6.45) is 0.830. The second-order valence-corrected chi connectivity index (χ2v) is 9.37. The largest absolute Gasteiger partial charge is 0.495 e. The van der Waals surface area contributed by atoms with Crippen LogP contribution < -0.4 is 19.5 Å². The number of benzene rings is 2. The summed E-state index contributed by atoms with van der Waals surface area (Å²) in [5.74, 6) is 1.03. The first kappa shape index (κ1) is 20.8. The van der Waals surface area contributed by atoms with Crippen molar-refractivity contribution in [2.45, 2.75) is 17.7 Å². The number of ether oxygens (including phenoxy) is 3. The number of nitrogens with zero attached hydrogens (tertiary/aromatic N) is 1. The number of halogens is 1. The summed E-state index contributed by atoms with van der Waals surface area (Å²) < 4.78 is 43.3. The molecule has 8 nitrogen and oxygen atoms in total. The van der Waals surface area contributed by atoms with Gasteiger partial charge in [-0.15, -0.1) is 0 Å². The van der Waals surface area contributed by atoms with Gasteiger partial charge in [-0.05, 0) is 43.2 Å². The van der Waals surface area contributed by atoms with Crippen LogP contribution in [-0.2, 0) is 14.8 Å². The SMILES string of the molecule is COc1ccc(Cl)cc1S(=O)(=O)N1CCC(C(=O)Nc2ccc3c(c2)OCO3)CC1. The fourth-order valence-electron chi connectivity index (χ4n) is 3.57. The number of methoxy groups -OCH3 is 1. The van der Waals surface area contributed by atoms with Crippen LogP contribution in [0.1, 0.15) is 12.8 Å². The number of hydrogen-bond acceptors (Lipinski definition) is 6. The Morgan fingerprint density at radius 3 is 2.60 bits per heavy atom. The molecule has 160 valence electrons. The molecule has 0 spiro atoms. The van der Waals surface area contributed by atoms with Crippen molar-refractivity contribution in [3.05, 3.63) is 41.4 Å². The lowest BCUT2D eigenvalue weighted by atomic mass is 9.97. The maximum absolute atomic E-state index is 13.1. The first-order valence-corrected chi connectivity index (χ1v) is 11.2. The van der Waals surface area contributed by atoms with E-state index >= 15 is 0 Å². The quantitative estimate of drug-likeness (QED) is 0.749. The molecule has 1 fully saturated rings. The average Bonchev–Trinajstić information content (AvgIpc) is 3.21. The Kier molecular flexibility index (Phi) is 5.77. The summed E-state index contributed by atoms with van der Waals surface area (Å²) in [5, 5.41) is 3.18. The smallest absolute Gasteiger partial charge is 0.246 e. The molecule has 2 heterocycles. The second kappa shape index (κ2) is 8.33. The number of anilines is 1. The molecule has 2 aromatic rings. The van der Waals surface area contributed by atoms with Crippen LogP contribution >= 0.6 is 11.6 Å². The lowest BCUT2D eigenvalue weighted by Crippen LogP contribution is -2.41. The van der Waals surface area contributed by atoms with Crippen LogP contribution in [0.25, 0.3) is 0 Å². The minimum absolute atomic E-state index is 0.0285. The summed E-state index contributed by atoms with van der Waals surface area (Å²) >= 11 is 5.99. The molecule has 30 heavy (non-hydrogen) atoms. The van der Waals surface area contributed by atoms with Gasteiger partial charge >= 0.3 is 0 Å². The highest BCUT2D eigenvalue weighted by molar-refractivity contribution is 7.89. The number of carbonyl (C=O) groups is 1. The van der Waals surface area contributed by atoms with Crippen molar-refractivity contribution < 1.29 is 27.4 Å². The molecular weight excluding hydrogens is 432 g/mol. The van der Waals surface area contributed by atoms with Crippen molar-refractivity contribution in [3.8, 4) is 17.2 Å². The predicted molar refractivity (Wildman–Crippen MR) is 111 cm³/mol. The Balaban J connectivity index is 1.41. The number of amides is 1. The zero-order valence-corrected chi connectivity index (χ0v) is 17.8. The summed E-state index contributed by atoms with van der Waals surface area (Å²) in [7, 11) is -2.37. The summed E-state index contributed by atoms with van der Waals surface area (Å²) in [5.41, 5.74) is 0.614. The zero-order valence-electron chi connectivity index (χ0n) is 16.3. The first-order valence-electron chi connectivity index (χ1n) is 9.42. The van der Waals surface area contributed by atoms with Gasteiger partial charge in [-0.2, -0.15) is 4.31 Å². The molecule has 10 heteroatoms. The molecule has 0 saturated carbocycles. The van der Waals surface area contributed by atoms with Gasteiger partial charge in [0.15, 0.2) is 11.5 Å². The van der Waals surface area contributed by atoms with Gasteiger partial charge < -0.3 is 19.5 Å². The van der Waals surface area contributed by atoms with Crippen LogP contribution in [-0.4, -0.2) is 45.6 Å². The van der Waals surface area contributed by atoms with E-state index in [0.717, 1.165) is 0 Å². The highest BCUT2D eigenvalue weighted by atomic mass is 35.5. The zero-order chi connectivity index (χ0) is 21.3. The molecule has 0 bridgehead atoms. The van der Waals surface area contributed by atoms with E-state index < -0.39 is 10.0 Å². The number of fused-ring (bicyclic) bond motifs is 1. The van der Waals surface area contributed by atoms with Gasteiger partial charge in [-0.25, -0.2) is 8.42 Å². The van der Waals surface area contributed by atoms with E-state index in [9.17, 15) is 13.2 Å². The number of rotatable bonds is 5. The van der Waals surface area contributed by atoms with Crippen molar-refractivity contribution >= 4 is 33.2 Å². The van der Waals surface area contributed by atoms with Crippen molar-refractivity contribution in [3.63, 3.8) is 0 Å². The molecule has 0 atom stereocenters. The highest BCUT2D eigenvalue weighted by Crippen LogP contribution is 2.35. The lowest BCUT2D eigenvalue weighted by molar-refractivity contribution is -0.120. The maximum atomic E-state index is 13.1. The fourth-order valence-corrected chi connectivity index (χ4v) is 5.46. The Hall–Kier alpha value is -2.49. The molecular formula is C20H21ClN2O6S. The van der Waals surface area contributed by atoms with E-state index in [-0.39, 0.29) is 42.4 Å². The van der Waals surface area contributed by atoms with Crippen LogP contribution in [0, 0.1) is 5.92 Å². The van der Waals surface area contributed by atoms with E-state index in [2.05, 4.69) is 5.32 Å². The molecule has 4 rings (SSSR count). The Morgan fingerprint density at radius 1 is 1.13 bits per heavy atom. The minimum atomic E-state index is -3.78. The summed E-state index contributed by atoms with van der Waals surface area (Å²) in [4.78, 5) is 12.7. The van der Waals surface area contributed by atoms with Gasteiger partial charge in [0.05, 0.1) is 7.11 Å². The average molecular weight is 453 g/mol. The molecule has 0 aliphatic carbocycles. The van der Waals surface area contributed by atoms with Gasteiger partial charge in [0.1, 0.15) is 10.6 Å². The molecule has 1 saturated heterocycles. The third-order valence-electron chi connectivity index (χ3n) is 5.21. The van der Waals surface area contributed by atoms with Crippen molar-refractivity contribution in [1.82, 2.24) is 4.31 Å². The number of nitrogens with one attached hydrogen (secondary N) is 1. The molecule has 0 radical (unpaired) electrons. The standard InChI is InChI=1S/C20H21ClN2O6S/c1-27-17-4-2-14(21)10-19(17)30(25,26)23-8-6-13(7-9-23)20(24)22-15-3-5-16-18(11-15)29-12-28-16/h2-5,10-11,13H,6-9,12H2,1H3,(H,22,24). The van der Waals surface area contributed by atoms with E-state index in [0.29, 0.717) is 35.1 Å². The Labute approximate surface area is 179 Å². The van der Waals surface area contributed by atoms with Gasteiger partial charge in [0, 0.05) is 35.8 Å². The fraction of sp³-hybridized carbons (Fsp3) is 0.350. The maximum Gasteiger partial charge on any atom is 0.246 e. The van der Waals surface area contributed by atoms with Gasteiger partial charge in [-0.1, -0.05) is 11.6 Å². The summed E-state index contributed by atoms with van der Waals surface area (Å²) in [6.45, 7) is 0.630. The number of piperidine rings is 1. The molecule has 0 aromatic heterocycles.